The first-order valence-corrected chi connectivity index (χ1v) is 6.53. The normalized spacial score (nSPS) is 11.2. The van der Waals surface area contributed by atoms with Gasteiger partial charge in [-0.05, 0) is 18.0 Å². The Morgan fingerprint density at radius 1 is 1.32 bits per heavy atom. The summed E-state index contributed by atoms with van der Waals surface area (Å²) in [6, 6.07) is 0. The topological polar surface area (TPSA) is 126 Å². The lowest BCUT2D eigenvalue weighted by Gasteiger charge is -1.94. The van der Waals surface area contributed by atoms with Crippen molar-refractivity contribution in [3.8, 4) is 10.7 Å². The summed E-state index contributed by atoms with van der Waals surface area (Å²) >= 11 is 1.24. The minimum Gasteiger partial charge on any atom is -0.369 e. The van der Waals surface area contributed by atoms with Gasteiger partial charge >= 0.3 is 0 Å². The number of anilines is 1. The van der Waals surface area contributed by atoms with Crippen LogP contribution in [0.25, 0.3) is 21.9 Å². The third kappa shape index (κ3) is 1.97. The molecule has 3 aromatic heterocycles. The molecule has 0 unspecified atom stereocenters. The van der Waals surface area contributed by atoms with Gasteiger partial charge in [0.15, 0.2) is 17.0 Å². The Hall–Kier alpha value is -2.29. The summed E-state index contributed by atoms with van der Waals surface area (Å²) in [5.74, 6) is 0.601. The van der Waals surface area contributed by atoms with Crippen LogP contribution in [0.2, 0.25) is 0 Å². The molecule has 9 heteroatoms. The Balaban J connectivity index is 2.18. The zero-order valence-corrected chi connectivity index (χ0v) is 10.9. The molecule has 0 fully saturated rings. The van der Waals surface area contributed by atoms with Crippen molar-refractivity contribution in [2.75, 3.05) is 5.73 Å². The number of nitrogens with two attached hydrogens (primary N) is 1. The summed E-state index contributed by atoms with van der Waals surface area (Å²) < 4.78 is 3.93. The van der Waals surface area contributed by atoms with E-state index in [9.17, 15) is 4.79 Å². The molecule has 0 atom stereocenters. The summed E-state index contributed by atoms with van der Waals surface area (Å²) in [6.45, 7) is 2.06. The van der Waals surface area contributed by atoms with Crippen LogP contribution in [-0.2, 0) is 6.42 Å². The molecule has 0 saturated heterocycles. The molecule has 0 aliphatic rings. The number of H-pyrrole nitrogens is 2. The van der Waals surface area contributed by atoms with E-state index < -0.39 is 0 Å². The Bertz CT molecular complexity index is 787. The van der Waals surface area contributed by atoms with E-state index in [4.69, 9.17) is 5.73 Å². The number of hydrogen-bond donors (Lipinski definition) is 3. The maximum atomic E-state index is 11.7. The van der Waals surface area contributed by atoms with Crippen LogP contribution in [0.4, 0.5) is 5.95 Å². The number of nitrogen functional groups attached to an aromatic ring is 1. The van der Waals surface area contributed by atoms with Crippen LogP contribution in [0.3, 0.4) is 0 Å². The predicted molar refractivity (Wildman–Crippen MR) is 71.8 cm³/mol. The molecule has 0 bridgehead atoms. The van der Waals surface area contributed by atoms with Gasteiger partial charge < -0.3 is 10.7 Å². The van der Waals surface area contributed by atoms with Crippen molar-refractivity contribution in [3.63, 3.8) is 0 Å². The number of aromatic amines is 2. The smallest absolute Gasteiger partial charge is 0.278 e. The van der Waals surface area contributed by atoms with Crippen molar-refractivity contribution < 1.29 is 0 Å². The second-order valence-electron chi connectivity index (χ2n) is 4.03. The first-order chi connectivity index (χ1) is 9.19. The van der Waals surface area contributed by atoms with Gasteiger partial charge in [-0.1, -0.05) is 17.8 Å². The van der Waals surface area contributed by atoms with Gasteiger partial charge in [0.25, 0.3) is 5.56 Å². The van der Waals surface area contributed by atoms with E-state index in [1.165, 1.54) is 11.5 Å². The molecule has 0 spiro atoms. The molecule has 19 heavy (non-hydrogen) atoms. The molecule has 0 aromatic carbocycles. The van der Waals surface area contributed by atoms with Crippen LogP contribution >= 0.6 is 11.5 Å². The minimum atomic E-state index is -0.337. The Labute approximate surface area is 111 Å². The maximum absolute atomic E-state index is 11.7. The highest BCUT2D eigenvalue weighted by molar-refractivity contribution is 7.09. The van der Waals surface area contributed by atoms with Gasteiger partial charge in [-0.2, -0.15) is 4.98 Å². The third-order valence-electron chi connectivity index (χ3n) is 2.64. The highest BCUT2D eigenvalue weighted by Crippen LogP contribution is 2.25. The van der Waals surface area contributed by atoms with Gasteiger partial charge in [0, 0.05) is 0 Å². The Kier molecular flexibility index (Phi) is 2.75. The summed E-state index contributed by atoms with van der Waals surface area (Å²) in [6.07, 6.45) is 1.78. The zero-order valence-electron chi connectivity index (χ0n) is 10.1. The number of nitrogens with one attached hydrogen (secondary N) is 2. The molecule has 0 aliphatic carbocycles. The molecule has 3 aromatic rings. The van der Waals surface area contributed by atoms with Crippen LogP contribution < -0.4 is 11.3 Å². The van der Waals surface area contributed by atoms with Crippen molar-refractivity contribution in [1.29, 1.82) is 0 Å². The van der Waals surface area contributed by atoms with Crippen molar-refractivity contribution >= 4 is 28.6 Å². The first-order valence-electron chi connectivity index (χ1n) is 5.76. The minimum absolute atomic E-state index is 0.0479. The van der Waals surface area contributed by atoms with E-state index in [0.29, 0.717) is 17.0 Å². The van der Waals surface area contributed by atoms with Crippen molar-refractivity contribution in [2.24, 2.45) is 0 Å². The fourth-order valence-electron chi connectivity index (χ4n) is 1.82. The van der Waals surface area contributed by atoms with Gasteiger partial charge in [-0.25, -0.2) is 4.98 Å². The molecule has 4 N–H and O–H groups in total. The number of hydrogen-bond acceptors (Lipinski definition) is 7. The van der Waals surface area contributed by atoms with Crippen LogP contribution in [0, 0.1) is 0 Å². The van der Waals surface area contributed by atoms with Crippen LogP contribution in [-0.4, -0.2) is 29.5 Å². The summed E-state index contributed by atoms with van der Waals surface area (Å²) in [7, 11) is 0. The fraction of sp³-hybridized carbons (Fsp3) is 0.300. The first kappa shape index (κ1) is 11.8. The molecular formula is C10H11N7OS. The molecular weight excluding hydrogens is 266 g/mol. The number of imidazole rings is 1. The van der Waals surface area contributed by atoms with Crippen LogP contribution in [0.1, 0.15) is 19.0 Å². The average Bonchev–Trinajstić information content (AvgIpc) is 2.95. The molecule has 0 saturated carbocycles. The van der Waals surface area contributed by atoms with Gasteiger partial charge in [0.1, 0.15) is 4.88 Å². The van der Waals surface area contributed by atoms with E-state index in [-0.39, 0.29) is 11.5 Å². The molecule has 0 radical (unpaired) electrons. The quantitative estimate of drug-likeness (QED) is 0.646. The van der Waals surface area contributed by atoms with Crippen molar-refractivity contribution in [1.82, 2.24) is 29.5 Å². The number of aryl methyl sites for hydroxylation is 1. The Morgan fingerprint density at radius 2 is 2.16 bits per heavy atom. The number of aromatic nitrogens is 6. The third-order valence-corrected chi connectivity index (χ3v) is 3.41. The monoisotopic (exact) mass is 277 g/mol. The van der Waals surface area contributed by atoms with E-state index in [1.807, 2.05) is 0 Å². The lowest BCUT2D eigenvalue weighted by Crippen LogP contribution is -2.10. The molecule has 3 heterocycles. The molecule has 98 valence electrons. The largest absolute Gasteiger partial charge is 0.369 e. The van der Waals surface area contributed by atoms with E-state index >= 15 is 0 Å². The van der Waals surface area contributed by atoms with Crippen LogP contribution in [0.15, 0.2) is 4.79 Å². The maximum Gasteiger partial charge on any atom is 0.278 e. The fourth-order valence-corrected chi connectivity index (χ4v) is 2.47. The summed E-state index contributed by atoms with van der Waals surface area (Å²) in [4.78, 5) is 26.2. The van der Waals surface area contributed by atoms with Gasteiger partial charge in [0.2, 0.25) is 5.95 Å². The van der Waals surface area contributed by atoms with E-state index in [1.54, 1.807) is 0 Å². The summed E-state index contributed by atoms with van der Waals surface area (Å²) in [5, 5.41) is 4.07. The zero-order chi connectivity index (χ0) is 13.4. The number of fused-ring (bicyclic) bond motifs is 1. The standard InChI is InChI=1S/C10H11N7OS/c1-2-3-4-6(19-17-16-4)8-12-5-7(13-8)14-10(11)15-9(5)18/h2-3H2,1H3,(H4,11,12,13,14,15,18). The lowest BCUT2D eigenvalue weighted by atomic mass is 10.2. The highest BCUT2D eigenvalue weighted by Gasteiger charge is 2.16. The van der Waals surface area contributed by atoms with Crippen molar-refractivity contribution in [3.05, 3.63) is 16.0 Å². The highest BCUT2D eigenvalue weighted by atomic mass is 32.1. The molecule has 3 rings (SSSR count). The molecule has 8 nitrogen and oxygen atoms in total. The number of nitrogens with zero attached hydrogens (tertiary/aromatic N) is 4. The predicted octanol–water partition coefficient (Wildman–Crippen LogP) is 0.699. The van der Waals surface area contributed by atoms with Gasteiger partial charge in [0.05, 0.1) is 5.69 Å². The lowest BCUT2D eigenvalue weighted by molar-refractivity contribution is 0.870. The second-order valence-corrected chi connectivity index (χ2v) is 4.79. The van der Waals surface area contributed by atoms with Crippen molar-refractivity contribution in [2.45, 2.75) is 19.8 Å². The average molecular weight is 277 g/mol. The Morgan fingerprint density at radius 3 is 2.95 bits per heavy atom. The SMILES string of the molecule is CCCc1nnsc1-c1nc2nc(N)[nH]c(=O)c2[nH]1. The number of rotatable bonds is 3. The van der Waals surface area contributed by atoms with Gasteiger partial charge in [-0.15, -0.1) is 5.10 Å². The summed E-state index contributed by atoms with van der Waals surface area (Å²) in [5.41, 5.74) is 6.63. The van der Waals surface area contributed by atoms with Crippen LogP contribution in [0.5, 0.6) is 0 Å². The molecule has 0 aliphatic heterocycles. The molecule has 0 amide bonds. The van der Waals surface area contributed by atoms with E-state index in [2.05, 4.69) is 36.4 Å². The second kappa shape index (κ2) is 4.43. The van der Waals surface area contributed by atoms with E-state index in [0.717, 1.165) is 23.4 Å². The van der Waals surface area contributed by atoms with Gasteiger partial charge in [-0.3, -0.25) is 9.78 Å².